The zero-order valence-corrected chi connectivity index (χ0v) is 18.9. The molecule has 0 bridgehead atoms. The largest absolute Gasteiger partial charge is 0.481 e. The molecular weight excluding hydrogens is 427 g/mol. The monoisotopic (exact) mass is 456 g/mol. The molecule has 9 heteroatoms. The van der Waals surface area contributed by atoms with Crippen molar-refractivity contribution in [1.82, 2.24) is 14.7 Å². The van der Waals surface area contributed by atoms with Crippen LogP contribution in [-0.4, -0.2) is 71.6 Å². The molecule has 176 valence electrons. The van der Waals surface area contributed by atoms with E-state index in [-0.39, 0.29) is 35.8 Å². The SMILES string of the molecule is CC(=O)O.CN(C)C(=O)N1C[C@H]2CN(C(=O)Nc3ccccc3)C[C@H]2[C@H]1c1cccc(F)c1. The average Bonchev–Trinajstić information content (AvgIpc) is 3.31. The molecule has 0 radical (unpaired) electrons. The molecule has 2 N–H and O–H groups in total. The van der Waals surface area contributed by atoms with E-state index in [9.17, 15) is 14.0 Å². The van der Waals surface area contributed by atoms with E-state index in [0.717, 1.165) is 18.2 Å². The number of hydrogen-bond donors (Lipinski definition) is 2. The van der Waals surface area contributed by atoms with E-state index in [1.165, 1.54) is 12.1 Å². The van der Waals surface area contributed by atoms with Gasteiger partial charge >= 0.3 is 12.1 Å². The molecule has 8 nitrogen and oxygen atoms in total. The molecule has 2 aliphatic rings. The van der Waals surface area contributed by atoms with Crippen molar-refractivity contribution in [2.45, 2.75) is 13.0 Å². The van der Waals surface area contributed by atoms with E-state index < -0.39 is 5.97 Å². The third-order valence-electron chi connectivity index (χ3n) is 5.79. The summed E-state index contributed by atoms with van der Waals surface area (Å²) < 4.78 is 13.9. The van der Waals surface area contributed by atoms with Crippen LogP contribution in [0.5, 0.6) is 0 Å². The summed E-state index contributed by atoms with van der Waals surface area (Å²) >= 11 is 0. The lowest BCUT2D eigenvalue weighted by Crippen LogP contribution is -2.42. The molecule has 2 aliphatic heterocycles. The summed E-state index contributed by atoms with van der Waals surface area (Å²) in [7, 11) is 3.44. The van der Waals surface area contributed by atoms with Crippen LogP contribution in [0.1, 0.15) is 18.5 Å². The fourth-order valence-corrected chi connectivity index (χ4v) is 4.51. The van der Waals surface area contributed by atoms with E-state index in [1.54, 1.807) is 30.0 Å². The average molecular weight is 457 g/mol. The second-order valence-corrected chi connectivity index (χ2v) is 8.47. The molecule has 4 amide bonds. The number of rotatable bonds is 2. The van der Waals surface area contributed by atoms with Gasteiger partial charge in [-0.05, 0) is 29.8 Å². The van der Waals surface area contributed by atoms with Crippen LogP contribution >= 0.6 is 0 Å². The predicted octanol–water partition coefficient (Wildman–Crippen LogP) is 3.74. The maximum absolute atomic E-state index is 13.9. The number of carbonyl (C=O) groups is 3. The van der Waals surface area contributed by atoms with E-state index in [1.807, 2.05) is 41.3 Å². The summed E-state index contributed by atoms with van der Waals surface area (Å²) in [4.78, 5) is 39.7. The van der Waals surface area contributed by atoms with Gasteiger partial charge in [0.2, 0.25) is 0 Å². The molecule has 33 heavy (non-hydrogen) atoms. The van der Waals surface area contributed by atoms with Crippen molar-refractivity contribution in [2.24, 2.45) is 11.8 Å². The van der Waals surface area contributed by atoms with Gasteiger partial charge in [0.1, 0.15) is 5.82 Å². The molecule has 4 rings (SSSR count). The van der Waals surface area contributed by atoms with Gasteiger partial charge in [-0.25, -0.2) is 14.0 Å². The number of likely N-dealkylation sites (tertiary alicyclic amines) is 2. The Balaban J connectivity index is 0.000000709. The Kier molecular flexibility index (Phi) is 7.52. The number of halogens is 1. The van der Waals surface area contributed by atoms with Crippen LogP contribution in [-0.2, 0) is 4.79 Å². The summed E-state index contributed by atoms with van der Waals surface area (Å²) in [5, 5.41) is 10.3. The number of benzene rings is 2. The number of amides is 4. The topological polar surface area (TPSA) is 93.2 Å². The van der Waals surface area contributed by atoms with Crippen molar-refractivity contribution in [2.75, 3.05) is 39.0 Å². The minimum Gasteiger partial charge on any atom is -0.481 e. The van der Waals surface area contributed by atoms with Gasteiger partial charge in [-0.1, -0.05) is 30.3 Å². The van der Waals surface area contributed by atoms with Gasteiger partial charge in [0.25, 0.3) is 5.97 Å². The molecule has 2 fully saturated rings. The Morgan fingerprint density at radius 1 is 1.03 bits per heavy atom. The number of carboxylic acids is 1. The van der Waals surface area contributed by atoms with Gasteiger partial charge in [-0.3, -0.25) is 4.79 Å². The Hall–Kier alpha value is -3.62. The van der Waals surface area contributed by atoms with E-state index in [4.69, 9.17) is 9.90 Å². The molecule has 2 aromatic carbocycles. The fourth-order valence-electron chi connectivity index (χ4n) is 4.51. The van der Waals surface area contributed by atoms with Crippen molar-refractivity contribution >= 4 is 23.7 Å². The number of fused-ring (bicyclic) bond motifs is 1. The van der Waals surface area contributed by atoms with Crippen LogP contribution in [0.2, 0.25) is 0 Å². The van der Waals surface area contributed by atoms with E-state index in [0.29, 0.717) is 19.6 Å². The highest BCUT2D eigenvalue weighted by atomic mass is 19.1. The lowest BCUT2D eigenvalue weighted by Gasteiger charge is -2.32. The number of nitrogens with one attached hydrogen (secondary N) is 1. The number of carboxylic acid groups (broad SMARTS) is 1. The lowest BCUT2D eigenvalue weighted by atomic mass is 9.89. The third-order valence-corrected chi connectivity index (χ3v) is 5.79. The van der Waals surface area contributed by atoms with Gasteiger partial charge in [0, 0.05) is 58.2 Å². The zero-order valence-electron chi connectivity index (χ0n) is 18.9. The normalized spacial score (nSPS) is 21.0. The van der Waals surface area contributed by atoms with E-state index >= 15 is 0 Å². The number of aliphatic carboxylic acids is 1. The van der Waals surface area contributed by atoms with Gasteiger partial charge in [-0.2, -0.15) is 0 Å². The molecule has 0 spiro atoms. The molecular formula is C24H29FN4O4. The number of hydrogen-bond acceptors (Lipinski definition) is 3. The first kappa shape index (κ1) is 24.0. The highest BCUT2D eigenvalue weighted by molar-refractivity contribution is 5.89. The quantitative estimate of drug-likeness (QED) is 0.720. The Morgan fingerprint density at radius 2 is 1.70 bits per heavy atom. The summed E-state index contributed by atoms with van der Waals surface area (Å²) in [6, 6.07) is 15.3. The molecule has 2 aromatic rings. The van der Waals surface area contributed by atoms with Crippen molar-refractivity contribution in [1.29, 1.82) is 0 Å². The minimum absolute atomic E-state index is 0.0715. The number of nitrogens with zero attached hydrogens (tertiary/aromatic N) is 3. The van der Waals surface area contributed by atoms with Crippen LogP contribution in [0, 0.1) is 17.7 Å². The van der Waals surface area contributed by atoms with Crippen molar-refractivity contribution < 1.29 is 23.9 Å². The van der Waals surface area contributed by atoms with Crippen LogP contribution in [0.4, 0.5) is 19.7 Å². The lowest BCUT2D eigenvalue weighted by molar-refractivity contribution is -0.134. The number of para-hydroxylation sites is 1. The van der Waals surface area contributed by atoms with Crippen LogP contribution < -0.4 is 5.32 Å². The Labute approximate surface area is 192 Å². The molecule has 0 saturated carbocycles. The van der Waals surface area contributed by atoms with Crippen LogP contribution in [0.15, 0.2) is 54.6 Å². The summed E-state index contributed by atoms with van der Waals surface area (Å²) in [5.41, 5.74) is 1.53. The maximum Gasteiger partial charge on any atom is 0.321 e. The van der Waals surface area contributed by atoms with Crippen molar-refractivity contribution in [3.05, 3.63) is 66.0 Å². The molecule has 2 saturated heterocycles. The molecule has 0 aromatic heterocycles. The van der Waals surface area contributed by atoms with Gasteiger partial charge in [0.05, 0.1) is 6.04 Å². The number of carbonyl (C=O) groups excluding carboxylic acids is 2. The first-order valence-electron chi connectivity index (χ1n) is 10.7. The summed E-state index contributed by atoms with van der Waals surface area (Å²) in [5.74, 6) is -0.921. The summed E-state index contributed by atoms with van der Waals surface area (Å²) in [6.45, 7) is 2.74. The third kappa shape index (κ3) is 5.79. The minimum atomic E-state index is -0.833. The Bertz CT molecular complexity index is 997. The number of anilines is 1. The van der Waals surface area contributed by atoms with E-state index in [2.05, 4.69) is 5.32 Å². The van der Waals surface area contributed by atoms with Crippen LogP contribution in [0.25, 0.3) is 0 Å². The van der Waals surface area contributed by atoms with Gasteiger partial charge in [-0.15, -0.1) is 0 Å². The molecule has 0 aliphatic carbocycles. The fraction of sp³-hybridized carbons (Fsp3) is 0.375. The Morgan fingerprint density at radius 3 is 2.30 bits per heavy atom. The predicted molar refractivity (Wildman–Crippen MR) is 122 cm³/mol. The van der Waals surface area contributed by atoms with Gasteiger partial charge < -0.3 is 25.1 Å². The smallest absolute Gasteiger partial charge is 0.321 e. The molecule has 3 atom stereocenters. The second-order valence-electron chi connectivity index (χ2n) is 8.47. The highest BCUT2D eigenvalue weighted by Gasteiger charge is 2.50. The standard InChI is InChI=1S/C22H25FN4O2.C2H4O2/c1-25(2)22(29)27-13-16-12-26(21(28)24-18-9-4-3-5-10-18)14-19(16)20(27)15-7-6-8-17(23)11-15;1-2(3)4/h3-11,16,19-20H,12-14H2,1-2H3,(H,24,28);1H3,(H,3,4)/t16-,19-,20-;/m1./s1. The van der Waals surface area contributed by atoms with Crippen LogP contribution in [0.3, 0.4) is 0 Å². The molecule has 2 heterocycles. The first-order chi connectivity index (χ1) is 15.7. The van der Waals surface area contributed by atoms with Crippen molar-refractivity contribution in [3.8, 4) is 0 Å². The van der Waals surface area contributed by atoms with Gasteiger partial charge in [0.15, 0.2) is 0 Å². The highest BCUT2D eigenvalue weighted by Crippen LogP contribution is 2.45. The maximum atomic E-state index is 13.9. The first-order valence-corrected chi connectivity index (χ1v) is 10.7. The molecule has 0 unspecified atom stereocenters. The van der Waals surface area contributed by atoms with Crippen molar-refractivity contribution in [3.63, 3.8) is 0 Å². The second kappa shape index (κ2) is 10.3. The summed E-state index contributed by atoms with van der Waals surface area (Å²) in [6.07, 6.45) is 0. The number of urea groups is 2. The zero-order chi connectivity index (χ0) is 24.1.